The van der Waals surface area contributed by atoms with E-state index < -0.39 is 0 Å². The Balaban J connectivity index is 1.28. The van der Waals surface area contributed by atoms with E-state index in [1.165, 1.54) is 0 Å². The third kappa shape index (κ3) is 5.67. The number of carbonyl (C=O) groups is 3. The van der Waals surface area contributed by atoms with Crippen LogP contribution in [0.3, 0.4) is 0 Å². The number of nitrogens with zero attached hydrogens (tertiary/aromatic N) is 3. The molecule has 8 nitrogen and oxygen atoms in total. The summed E-state index contributed by atoms with van der Waals surface area (Å²) >= 11 is 6.16. The lowest BCUT2D eigenvalue weighted by atomic mass is 9.79. The summed E-state index contributed by atoms with van der Waals surface area (Å²) in [6, 6.07) is 6.26. The summed E-state index contributed by atoms with van der Waals surface area (Å²) in [5.41, 5.74) is 1.93. The van der Waals surface area contributed by atoms with Crippen molar-refractivity contribution in [3.8, 4) is 0 Å². The molecule has 1 saturated carbocycles. The van der Waals surface area contributed by atoms with E-state index in [0.717, 1.165) is 56.6 Å². The van der Waals surface area contributed by atoms with Gasteiger partial charge in [0.25, 0.3) is 0 Å². The van der Waals surface area contributed by atoms with Crippen molar-refractivity contribution < 1.29 is 14.4 Å². The van der Waals surface area contributed by atoms with Crippen molar-refractivity contribution in [2.75, 3.05) is 39.4 Å². The van der Waals surface area contributed by atoms with Crippen LogP contribution in [0.2, 0.25) is 5.02 Å². The van der Waals surface area contributed by atoms with Crippen LogP contribution in [-0.4, -0.2) is 83.9 Å². The second kappa shape index (κ2) is 10.4. The fraction of sp³-hybridized carbons (Fsp3) is 0.625. The zero-order valence-corrected chi connectivity index (χ0v) is 20.2. The van der Waals surface area contributed by atoms with E-state index in [2.05, 4.69) is 15.5 Å². The van der Waals surface area contributed by atoms with Crippen LogP contribution in [0.1, 0.15) is 37.3 Å². The van der Waals surface area contributed by atoms with Gasteiger partial charge >= 0.3 is 0 Å². The summed E-state index contributed by atoms with van der Waals surface area (Å²) in [6.07, 6.45) is 2.82. The Kier molecular flexibility index (Phi) is 7.56. The fourth-order valence-corrected chi connectivity index (χ4v) is 5.45. The second-order valence-corrected chi connectivity index (χ2v) is 9.89. The molecule has 2 aliphatic heterocycles. The van der Waals surface area contributed by atoms with E-state index in [1.54, 1.807) is 11.8 Å². The van der Waals surface area contributed by atoms with Gasteiger partial charge in [0.1, 0.15) is 6.54 Å². The quantitative estimate of drug-likeness (QED) is 0.671. The van der Waals surface area contributed by atoms with Crippen molar-refractivity contribution in [3.63, 3.8) is 0 Å². The normalized spacial score (nSPS) is 26.2. The van der Waals surface area contributed by atoms with Crippen LogP contribution < -0.4 is 10.6 Å². The molecule has 1 aromatic rings. The Hall–Kier alpha value is -2.16. The maximum absolute atomic E-state index is 13.2. The van der Waals surface area contributed by atoms with Crippen molar-refractivity contribution in [2.24, 2.45) is 5.92 Å². The van der Waals surface area contributed by atoms with Gasteiger partial charge in [0, 0.05) is 56.8 Å². The van der Waals surface area contributed by atoms with Crippen molar-refractivity contribution in [3.05, 3.63) is 34.3 Å². The largest absolute Gasteiger partial charge is 0.350 e. The molecule has 180 valence electrons. The van der Waals surface area contributed by atoms with Gasteiger partial charge in [-0.05, 0) is 43.4 Å². The number of rotatable bonds is 5. The first-order valence-corrected chi connectivity index (χ1v) is 12.2. The van der Waals surface area contributed by atoms with Crippen LogP contribution in [0.15, 0.2) is 18.2 Å². The van der Waals surface area contributed by atoms with Crippen molar-refractivity contribution >= 4 is 29.3 Å². The molecule has 3 amide bonds. The zero-order chi connectivity index (χ0) is 23.5. The first-order valence-electron chi connectivity index (χ1n) is 11.9. The summed E-state index contributed by atoms with van der Waals surface area (Å²) in [7, 11) is 0. The molecule has 1 aromatic carbocycles. The van der Waals surface area contributed by atoms with Crippen LogP contribution in [0, 0.1) is 12.8 Å². The average molecular weight is 476 g/mol. The summed E-state index contributed by atoms with van der Waals surface area (Å²) in [5.74, 6) is -0.0798. The number of carbonyl (C=O) groups excluding carboxylic acids is 3. The maximum Gasteiger partial charge on any atom is 0.239 e. The molecule has 0 radical (unpaired) electrons. The number of nitrogens with one attached hydrogen (secondary N) is 2. The van der Waals surface area contributed by atoms with E-state index >= 15 is 0 Å². The van der Waals surface area contributed by atoms with Gasteiger partial charge in [0.2, 0.25) is 17.7 Å². The molecule has 2 saturated heterocycles. The zero-order valence-electron chi connectivity index (χ0n) is 19.5. The molecule has 0 bridgehead atoms. The Bertz CT molecular complexity index is 902. The highest BCUT2D eigenvalue weighted by molar-refractivity contribution is 6.31. The first-order chi connectivity index (χ1) is 15.8. The van der Waals surface area contributed by atoms with Gasteiger partial charge < -0.3 is 15.1 Å². The molecule has 4 rings (SSSR count). The lowest BCUT2D eigenvalue weighted by molar-refractivity contribution is -0.146. The molecule has 0 aromatic heterocycles. The molecule has 0 spiro atoms. The minimum atomic E-state index is -0.173. The van der Waals surface area contributed by atoms with E-state index in [-0.39, 0.29) is 36.2 Å². The van der Waals surface area contributed by atoms with Gasteiger partial charge in [-0.25, -0.2) is 0 Å². The third-order valence-electron chi connectivity index (χ3n) is 7.33. The van der Waals surface area contributed by atoms with Crippen LogP contribution in [0.25, 0.3) is 0 Å². The number of halogens is 1. The van der Waals surface area contributed by atoms with E-state index in [9.17, 15) is 14.4 Å². The molecule has 3 unspecified atom stereocenters. The van der Waals surface area contributed by atoms with Gasteiger partial charge in [0.15, 0.2) is 0 Å². The van der Waals surface area contributed by atoms with Gasteiger partial charge in [-0.3, -0.25) is 24.6 Å². The summed E-state index contributed by atoms with van der Waals surface area (Å²) < 4.78 is 0. The van der Waals surface area contributed by atoms with Crippen molar-refractivity contribution in [1.29, 1.82) is 0 Å². The molecule has 3 atom stereocenters. The molecule has 9 heteroatoms. The number of aryl methyl sites for hydroxylation is 1. The SMILES string of the molecule is CC(=O)N1CCN(C2CCC3NCN(CC(=O)NCc4ccc(C)c(Cl)c4)C(=O)C3C2)CC1. The lowest BCUT2D eigenvalue weighted by Gasteiger charge is -2.47. The highest BCUT2D eigenvalue weighted by Gasteiger charge is 2.42. The molecule has 2 heterocycles. The van der Waals surface area contributed by atoms with Crippen LogP contribution in [0.5, 0.6) is 0 Å². The van der Waals surface area contributed by atoms with Gasteiger partial charge in [-0.1, -0.05) is 23.7 Å². The van der Waals surface area contributed by atoms with Crippen LogP contribution in [-0.2, 0) is 20.9 Å². The fourth-order valence-electron chi connectivity index (χ4n) is 5.25. The highest BCUT2D eigenvalue weighted by Crippen LogP contribution is 2.32. The topological polar surface area (TPSA) is 85.0 Å². The Morgan fingerprint density at radius 3 is 2.64 bits per heavy atom. The molecule has 1 aliphatic carbocycles. The Morgan fingerprint density at radius 1 is 1.18 bits per heavy atom. The predicted molar refractivity (Wildman–Crippen MR) is 126 cm³/mol. The van der Waals surface area contributed by atoms with Gasteiger partial charge in [-0.2, -0.15) is 0 Å². The first kappa shape index (κ1) is 24.0. The van der Waals surface area contributed by atoms with E-state index in [0.29, 0.717) is 24.3 Å². The standard InChI is InChI=1S/C24H34ClN5O3/c1-16-3-4-18(11-21(16)25)13-26-23(32)14-30-15-27-22-6-5-19(12-20(22)24(30)33)29-9-7-28(8-10-29)17(2)31/h3-4,11,19-20,22,27H,5-10,12-15H2,1-2H3,(H,26,32). The number of amides is 3. The minimum absolute atomic E-state index is 0.0522. The maximum atomic E-state index is 13.2. The predicted octanol–water partition coefficient (Wildman–Crippen LogP) is 1.36. The lowest BCUT2D eigenvalue weighted by Crippen LogP contribution is -2.62. The second-order valence-electron chi connectivity index (χ2n) is 9.48. The highest BCUT2D eigenvalue weighted by atomic mass is 35.5. The molecular weight excluding hydrogens is 442 g/mol. The number of piperazine rings is 1. The smallest absolute Gasteiger partial charge is 0.239 e. The number of fused-ring (bicyclic) bond motifs is 1. The molecule has 33 heavy (non-hydrogen) atoms. The summed E-state index contributed by atoms with van der Waals surface area (Å²) in [5, 5.41) is 7.05. The average Bonchev–Trinajstić information content (AvgIpc) is 2.81. The summed E-state index contributed by atoms with van der Waals surface area (Å²) in [6.45, 7) is 7.63. The Labute approximate surface area is 200 Å². The minimum Gasteiger partial charge on any atom is -0.350 e. The van der Waals surface area contributed by atoms with Gasteiger partial charge in [-0.15, -0.1) is 0 Å². The number of hydrogen-bond donors (Lipinski definition) is 2. The van der Waals surface area contributed by atoms with Gasteiger partial charge in [0.05, 0.1) is 12.6 Å². The molecule has 3 aliphatic rings. The molecular formula is C24H34ClN5O3. The van der Waals surface area contributed by atoms with Crippen molar-refractivity contribution in [1.82, 2.24) is 25.3 Å². The number of benzene rings is 1. The monoisotopic (exact) mass is 475 g/mol. The van der Waals surface area contributed by atoms with Crippen LogP contribution >= 0.6 is 11.6 Å². The third-order valence-corrected chi connectivity index (χ3v) is 7.74. The van der Waals surface area contributed by atoms with Crippen LogP contribution in [0.4, 0.5) is 0 Å². The Morgan fingerprint density at radius 2 is 1.94 bits per heavy atom. The number of hydrogen-bond acceptors (Lipinski definition) is 5. The van der Waals surface area contributed by atoms with Crippen molar-refractivity contribution in [2.45, 2.75) is 51.7 Å². The molecule has 3 fully saturated rings. The molecule has 2 N–H and O–H groups in total. The summed E-state index contributed by atoms with van der Waals surface area (Å²) in [4.78, 5) is 43.3. The van der Waals surface area contributed by atoms with E-state index in [1.807, 2.05) is 30.0 Å². The van der Waals surface area contributed by atoms with E-state index in [4.69, 9.17) is 11.6 Å².